The highest BCUT2D eigenvalue weighted by molar-refractivity contribution is 5.91. The molecule has 0 radical (unpaired) electrons. The predicted molar refractivity (Wildman–Crippen MR) is 79.9 cm³/mol. The summed E-state index contributed by atoms with van der Waals surface area (Å²) in [5.41, 5.74) is 6.56. The quantitative estimate of drug-likeness (QED) is 0.847. The molecule has 0 unspecified atom stereocenters. The Morgan fingerprint density at radius 3 is 2.29 bits per heavy atom. The molecule has 5 nitrogen and oxygen atoms in total. The van der Waals surface area contributed by atoms with Crippen LogP contribution in [-0.4, -0.2) is 18.4 Å². The molecule has 0 aliphatic carbocycles. The van der Waals surface area contributed by atoms with Gasteiger partial charge in [-0.3, -0.25) is 9.59 Å². The molecule has 0 bridgehead atoms. The fourth-order valence-electron chi connectivity index (χ4n) is 1.77. The molecule has 0 heterocycles. The first-order chi connectivity index (χ1) is 10.1. The number of hydrogen-bond donors (Lipinski definition) is 2. The molecule has 2 aromatic rings. The summed E-state index contributed by atoms with van der Waals surface area (Å²) in [5.74, 6) is 0.00834. The molecule has 0 atom stereocenters. The van der Waals surface area contributed by atoms with Crippen LogP contribution in [-0.2, 0) is 16.0 Å². The number of nitrogens with two attached hydrogens (primary N) is 1. The number of hydrogen-bond acceptors (Lipinski definition) is 3. The Morgan fingerprint density at radius 2 is 1.67 bits per heavy atom. The van der Waals surface area contributed by atoms with Crippen LogP contribution < -0.4 is 15.8 Å². The third-order valence-corrected chi connectivity index (χ3v) is 2.73. The van der Waals surface area contributed by atoms with E-state index in [2.05, 4.69) is 5.32 Å². The van der Waals surface area contributed by atoms with Gasteiger partial charge in [0.1, 0.15) is 5.75 Å². The van der Waals surface area contributed by atoms with Crippen molar-refractivity contribution in [3.8, 4) is 5.75 Å². The van der Waals surface area contributed by atoms with Gasteiger partial charge in [0, 0.05) is 5.69 Å². The summed E-state index contributed by atoms with van der Waals surface area (Å²) < 4.78 is 5.34. The van der Waals surface area contributed by atoms with E-state index in [0.29, 0.717) is 11.4 Å². The van der Waals surface area contributed by atoms with Crippen molar-refractivity contribution in [2.24, 2.45) is 5.73 Å². The minimum absolute atomic E-state index is 0.0624. The highest BCUT2D eigenvalue weighted by Crippen LogP contribution is 2.11. The smallest absolute Gasteiger partial charge is 0.262 e. The number of para-hydroxylation sites is 1. The fourth-order valence-corrected chi connectivity index (χ4v) is 1.77. The zero-order valence-electron chi connectivity index (χ0n) is 11.4. The second kappa shape index (κ2) is 7.09. The lowest BCUT2D eigenvalue weighted by Gasteiger charge is -2.08. The van der Waals surface area contributed by atoms with E-state index in [-0.39, 0.29) is 24.8 Å². The summed E-state index contributed by atoms with van der Waals surface area (Å²) >= 11 is 0. The van der Waals surface area contributed by atoms with Gasteiger partial charge in [0.05, 0.1) is 6.42 Å². The van der Waals surface area contributed by atoms with Gasteiger partial charge in [0.15, 0.2) is 6.61 Å². The second-order valence-corrected chi connectivity index (χ2v) is 4.49. The molecule has 2 rings (SSSR count). The molecule has 2 amide bonds. The molecule has 0 spiro atoms. The lowest BCUT2D eigenvalue weighted by Crippen LogP contribution is -2.20. The number of rotatable bonds is 6. The minimum Gasteiger partial charge on any atom is -0.484 e. The number of nitrogens with one attached hydrogen (secondary N) is 1. The number of primary amides is 1. The van der Waals surface area contributed by atoms with Crippen molar-refractivity contribution in [3.05, 3.63) is 60.2 Å². The van der Waals surface area contributed by atoms with Gasteiger partial charge >= 0.3 is 0 Å². The highest BCUT2D eigenvalue weighted by Gasteiger charge is 2.04. The van der Waals surface area contributed by atoms with Gasteiger partial charge in [-0.15, -0.1) is 0 Å². The predicted octanol–water partition coefficient (Wildman–Crippen LogP) is 1.73. The van der Waals surface area contributed by atoms with Crippen LogP contribution in [0.4, 0.5) is 5.69 Å². The van der Waals surface area contributed by atoms with E-state index in [0.717, 1.165) is 5.56 Å². The first-order valence-electron chi connectivity index (χ1n) is 6.48. The van der Waals surface area contributed by atoms with E-state index < -0.39 is 0 Å². The fraction of sp³-hybridized carbons (Fsp3) is 0.125. The van der Waals surface area contributed by atoms with Gasteiger partial charge in [-0.05, 0) is 29.8 Å². The number of carbonyl (C=O) groups is 2. The van der Waals surface area contributed by atoms with E-state index >= 15 is 0 Å². The summed E-state index contributed by atoms with van der Waals surface area (Å²) in [6.07, 6.45) is 0.186. The number of carbonyl (C=O) groups excluding carboxylic acids is 2. The molecule has 0 aromatic heterocycles. The van der Waals surface area contributed by atoms with E-state index in [9.17, 15) is 9.59 Å². The SMILES string of the molecule is NC(=O)Cc1ccc(NC(=O)COc2ccccc2)cc1. The van der Waals surface area contributed by atoms with Crippen molar-refractivity contribution in [2.45, 2.75) is 6.42 Å². The third kappa shape index (κ3) is 4.99. The minimum atomic E-state index is -0.386. The lowest BCUT2D eigenvalue weighted by molar-refractivity contribution is -0.118. The molecule has 0 aliphatic rings. The summed E-state index contributed by atoms with van der Waals surface area (Å²) in [6.45, 7) is -0.0624. The van der Waals surface area contributed by atoms with Crippen LogP contribution in [0.15, 0.2) is 54.6 Å². The molecular formula is C16H16N2O3. The van der Waals surface area contributed by atoms with Gasteiger partial charge in [-0.1, -0.05) is 30.3 Å². The molecule has 0 aliphatic heterocycles. The topological polar surface area (TPSA) is 81.4 Å². The van der Waals surface area contributed by atoms with E-state index in [1.807, 2.05) is 18.2 Å². The van der Waals surface area contributed by atoms with Gasteiger partial charge in [0.25, 0.3) is 5.91 Å². The van der Waals surface area contributed by atoms with E-state index in [1.165, 1.54) is 0 Å². The Hall–Kier alpha value is -2.82. The first kappa shape index (κ1) is 14.6. The van der Waals surface area contributed by atoms with Crippen LogP contribution in [0.5, 0.6) is 5.75 Å². The van der Waals surface area contributed by atoms with E-state index in [1.54, 1.807) is 36.4 Å². The molecule has 21 heavy (non-hydrogen) atoms. The van der Waals surface area contributed by atoms with Crippen molar-refractivity contribution in [1.29, 1.82) is 0 Å². The third-order valence-electron chi connectivity index (χ3n) is 2.73. The molecule has 3 N–H and O–H groups in total. The maximum atomic E-state index is 11.7. The Balaban J connectivity index is 1.83. The van der Waals surface area contributed by atoms with Crippen LogP contribution in [0, 0.1) is 0 Å². The van der Waals surface area contributed by atoms with Crippen molar-refractivity contribution < 1.29 is 14.3 Å². The zero-order chi connectivity index (χ0) is 15.1. The normalized spacial score (nSPS) is 9.90. The molecule has 0 saturated carbocycles. The highest BCUT2D eigenvalue weighted by atomic mass is 16.5. The van der Waals surface area contributed by atoms with Crippen LogP contribution in [0.1, 0.15) is 5.56 Å². The summed E-state index contributed by atoms with van der Waals surface area (Å²) in [7, 11) is 0. The summed E-state index contributed by atoms with van der Waals surface area (Å²) in [4.78, 5) is 22.5. The van der Waals surface area contributed by atoms with Crippen LogP contribution >= 0.6 is 0 Å². The Kier molecular flexibility index (Phi) is 4.93. The summed E-state index contributed by atoms with van der Waals surface area (Å²) in [6, 6.07) is 16.1. The van der Waals surface area contributed by atoms with Crippen molar-refractivity contribution in [2.75, 3.05) is 11.9 Å². The van der Waals surface area contributed by atoms with Gasteiger partial charge < -0.3 is 15.8 Å². The molecule has 0 saturated heterocycles. The maximum absolute atomic E-state index is 11.7. The Morgan fingerprint density at radius 1 is 1.00 bits per heavy atom. The lowest BCUT2D eigenvalue weighted by atomic mass is 10.1. The second-order valence-electron chi connectivity index (χ2n) is 4.49. The number of ether oxygens (including phenoxy) is 1. The average Bonchev–Trinajstić information content (AvgIpc) is 2.48. The molecule has 5 heteroatoms. The summed E-state index contributed by atoms with van der Waals surface area (Å²) in [5, 5.41) is 2.71. The van der Waals surface area contributed by atoms with Crippen LogP contribution in [0.3, 0.4) is 0 Å². The Bertz CT molecular complexity index is 609. The number of benzene rings is 2. The van der Waals surface area contributed by atoms with Crippen LogP contribution in [0.2, 0.25) is 0 Å². The molecule has 2 aromatic carbocycles. The zero-order valence-corrected chi connectivity index (χ0v) is 11.4. The maximum Gasteiger partial charge on any atom is 0.262 e. The largest absolute Gasteiger partial charge is 0.484 e. The van der Waals surface area contributed by atoms with Crippen molar-refractivity contribution in [1.82, 2.24) is 0 Å². The standard InChI is InChI=1S/C16H16N2O3/c17-15(19)10-12-6-8-13(9-7-12)18-16(20)11-21-14-4-2-1-3-5-14/h1-9H,10-11H2,(H2,17,19)(H,18,20). The molecule has 108 valence electrons. The van der Waals surface area contributed by atoms with Crippen LogP contribution in [0.25, 0.3) is 0 Å². The van der Waals surface area contributed by atoms with Crippen molar-refractivity contribution in [3.63, 3.8) is 0 Å². The van der Waals surface area contributed by atoms with E-state index in [4.69, 9.17) is 10.5 Å². The molecular weight excluding hydrogens is 268 g/mol. The average molecular weight is 284 g/mol. The molecule has 0 fully saturated rings. The monoisotopic (exact) mass is 284 g/mol. The van der Waals surface area contributed by atoms with Gasteiger partial charge in [-0.2, -0.15) is 0 Å². The van der Waals surface area contributed by atoms with Gasteiger partial charge in [0.2, 0.25) is 5.91 Å². The number of amides is 2. The first-order valence-corrected chi connectivity index (χ1v) is 6.48. The Labute approximate surface area is 122 Å². The van der Waals surface area contributed by atoms with Gasteiger partial charge in [-0.25, -0.2) is 0 Å². The number of anilines is 1. The van der Waals surface area contributed by atoms with Crippen molar-refractivity contribution >= 4 is 17.5 Å².